The predicted molar refractivity (Wildman–Crippen MR) is 115 cm³/mol. The Kier molecular flexibility index (Phi) is 7.31. The smallest absolute Gasteiger partial charge is 0.262 e. The number of para-hydroxylation sites is 1. The van der Waals surface area contributed by atoms with E-state index in [-0.39, 0.29) is 17.9 Å². The molecule has 1 aromatic heterocycles. The highest BCUT2D eigenvalue weighted by Gasteiger charge is 2.16. The average molecular weight is 462 g/mol. The van der Waals surface area contributed by atoms with Crippen molar-refractivity contribution < 1.29 is 22.8 Å². The first kappa shape index (κ1) is 23.1. The maximum atomic E-state index is 13.6. The van der Waals surface area contributed by atoms with Crippen LogP contribution in [0.3, 0.4) is 0 Å². The summed E-state index contributed by atoms with van der Waals surface area (Å²) >= 11 is 0.995. The molecule has 32 heavy (non-hydrogen) atoms. The highest BCUT2D eigenvalue weighted by atomic mass is 32.2. The molecule has 166 valence electrons. The van der Waals surface area contributed by atoms with Gasteiger partial charge in [-0.3, -0.25) is 19.0 Å². The lowest BCUT2D eigenvalue weighted by Crippen LogP contribution is -2.34. The van der Waals surface area contributed by atoms with Gasteiger partial charge in [0.2, 0.25) is 11.8 Å². The SMILES string of the molecule is C=CCn1c(SCC(=O)NCC(=O)Nc2ccc(F)c(F)c2F)nc2ccccc2c1=O. The molecule has 0 fully saturated rings. The van der Waals surface area contributed by atoms with Gasteiger partial charge < -0.3 is 10.6 Å². The maximum Gasteiger partial charge on any atom is 0.262 e. The molecular weight excluding hydrogens is 445 g/mol. The Morgan fingerprint density at radius 2 is 1.84 bits per heavy atom. The molecule has 0 aliphatic heterocycles. The minimum atomic E-state index is -1.71. The number of aromatic nitrogens is 2. The zero-order chi connectivity index (χ0) is 23.3. The number of hydrogen-bond donors (Lipinski definition) is 2. The van der Waals surface area contributed by atoms with Gasteiger partial charge in [-0.05, 0) is 24.3 Å². The van der Waals surface area contributed by atoms with E-state index in [9.17, 15) is 27.6 Å². The Bertz CT molecular complexity index is 1260. The number of fused-ring (bicyclic) bond motifs is 1. The number of nitrogens with zero attached hydrogens (tertiary/aromatic N) is 2. The molecule has 2 amide bonds. The van der Waals surface area contributed by atoms with Crippen LogP contribution in [0.15, 0.2) is 59.0 Å². The van der Waals surface area contributed by atoms with E-state index in [1.807, 2.05) is 5.32 Å². The average Bonchev–Trinajstić information content (AvgIpc) is 2.79. The van der Waals surface area contributed by atoms with Gasteiger partial charge in [-0.25, -0.2) is 18.2 Å². The fraction of sp³-hybridized carbons (Fsp3) is 0.143. The van der Waals surface area contributed by atoms with Crippen LogP contribution < -0.4 is 16.2 Å². The molecule has 0 radical (unpaired) electrons. The molecule has 7 nitrogen and oxygen atoms in total. The van der Waals surface area contributed by atoms with Crippen molar-refractivity contribution >= 4 is 40.2 Å². The fourth-order valence-corrected chi connectivity index (χ4v) is 3.56. The van der Waals surface area contributed by atoms with E-state index in [1.165, 1.54) is 10.6 Å². The summed E-state index contributed by atoms with van der Waals surface area (Å²) in [6.07, 6.45) is 1.53. The number of halogens is 3. The minimum absolute atomic E-state index is 0.158. The van der Waals surface area contributed by atoms with Crippen molar-refractivity contribution in [3.8, 4) is 0 Å². The van der Waals surface area contributed by atoms with Crippen molar-refractivity contribution in [2.24, 2.45) is 0 Å². The molecule has 0 saturated carbocycles. The van der Waals surface area contributed by atoms with Crippen LogP contribution in [0.4, 0.5) is 18.9 Å². The van der Waals surface area contributed by atoms with Gasteiger partial charge in [0.05, 0.1) is 28.9 Å². The second-order valence-electron chi connectivity index (χ2n) is 6.45. The standard InChI is InChI=1S/C21H17F3N4O3S/c1-2-9-28-20(31)12-5-3-4-6-14(12)27-21(28)32-11-17(30)25-10-16(29)26-15-8-7-13(22)18(23)19(15)24/h2-8H,1,9-11H2,(H,25,30)(H,26,29). The first-order valence-corrected chi connectivity index (χ1v) is 10.2. The van der Waals surface area contributed by atoms with Crippen molar-refractivity contribution in [3.05, 3.63) is 76.9 Å². The third-order valence-corrected chi connectivity index (χ3v) is 5.20. The lowest BCUT2D eigenvalue weighted by molar-refractivity contribution is -0.122. The summed E-state index contributed by atoms with van der Waals surface area (Å²) in [6, 6.07) is 8.33. The number of anilines is 1. The molecule has 0 atom stereocenters. The third-order valence-electron chi connectivity index (χ3n) is 4.23. The molecule has 0 aliphatic rings. The number of nitrogens with one attached hydrogen (secondary N) is 2. The van der Waals surface area contributed by atoms with Gasteiger partial charge in [0.25, 0.3) is 5.56 Å². The number of thioether (sulfide) groups is 1. The van der Waals surface area contributed by atoms with Crippen LogP contribution in [0.5, 0.6) is 0 Å². The molecular formula is C21H17F3N4O3S. The summed E-state index contributed by atoms with van der Waals surface area (Å²) in [4.78, 5) is 41.1. The summed E-state index contributed by atoms with van der Waals surface area (Å²) in [7, 11) is 0. The fourth-order valence-electron chi connectivity index (χ4n) is 2.72. The van der Waals surface area contributed by atoms with Gasteiger partial charge >= 0.3 is 0 Å². The summed E-state index contributed by atoms with van der Waals surface area (Å²) in [6.45, 7) is 3.29. The van der Waals surface area contributed by atoms with Gasteiger partial charge in [-0.15, -0.1) is 6.58 Å². The Morgan fingerprint density at radius 3 is 2.59 bits per heavy atom. The van der Waals surface area contributed by atoms with Crippen molar-refractivity contribution in [1.82, 2.24) is 14.9 Å². The van der Waals surface area contributed by atoms with Crippen molar-refractivity contribution in [1.29, 1.82) is 0 Å². The minimum Gasteiger partial charge on any atom is -0.346 e. The monoisotopic (exact) mass is 462 g/mol. The number of hydrogen-bond acceptors (Lipinski definition) is 5. The van der Waals surface area contributed by atoms with Crippen LogP contribution >= 0.6 is 11.8 Å². The van der Waals surface area contributed by atoms with E-state index >= 15 is 0 Å². The summed E-state index contributed by atoms with van der Waals surface area (Å²) < 4.78 is 41.2. The van der Waals surface area contributed by atoms with Crippen LogP contribution in [0.1, 0.15) is 0 Å². The lowest BCUT2D eigenvalue weighted by atomic mass is 10.2. The number of benzene rings is 2. The Morgan fingerprint density at radius 1 is 1.09 bits per heavy atom. The zero-order valence-electron chi connectivity index (χ0n) is 16.5. The Balaban J connectivity index is 1.61. The molecule has 3 rings (SSSR count). The second-order valence-corrected chi connectivity index (χ2v) is 7.39. The highest BCUT2D eigenvalue weighted by Crippen LogP contribution is 2.20. The molecule has 2 N–H and O–H groups in total. The third kappa shape index (κ3) is 5.17. The van der Waals surface area contributed by atoms with Crippen molar-refractivity contribution in [2.45, 2.75) is 11.7 Å². The first-order chi connectivity index (χ1) is 15.3. The van der Waals surface area contributed by atoms with Gasteiger partial charge in [-0.2, -0.15) is 0 Å². The second kappa shape index (κ2) is 10.1. The highest BCUT2D eigenvalue weighted by molar-refractivity contribution is 7.99. The molecule has 1 heterocycles. The molecule has 0 unspecified atom stereocenters. The van der Waals surface area contributed by atoms with Crippen molar-refractivity contribution in [3.63, 3.8) is 0 Å². The number of allylic oxidation sites excluding steroid dienone is 1. The molecule has 0 aliphatic carbocycles. The number of carbonyl (C=O) groups is 2. The largest absolute Gasteiger partial charge is 0.346 e. The molecule has 0 bridgehead atoms. The van der Waals surface area contributed by atoms with E-state index in [2.05, 4.69) is 16.9 Å². The van der Waals surface area contributed by atoms with Crippen molar-refractivity contribution in [2.75, 3.05) is 17.6 Å². The number of carbonyl (C=O) groups excluding carboxylic acids is 2. The van der Waals surface area contributed by atoms with Crippen LogP contribution in [0.25, 0.3) is 10.9 Å². The van der Waals surface area contributed by atoms with E-state index in [1.54, 1.807) is 24.3 Å². The summed E-state index contributed by atoms with van der Waals surface area (Å²) in [5, 5.41) is 5.11. The molecule has 0 spiro atoms. The van der Waals surface area contributed by atoms with E-state index in [0.29, 0.717) is 22.1 Å². The summed E-state index contributed by atoms with van der Waals surface area (Å²) in [5.74, 6) is -6.18. The van der Waals surface area contributed by atoms with E-state index in [4.69, 9.17) is 0 Å². The van der Waals surface area contributed by atoms with Crippen LogP contribution in [0, 0.1) is 17.5 Å². The van der Waals surface area contributed by atoms with E-state index in [0.717, 1.165) is 17.8 Å². The Labute approximate surface area is 184 Å². The molecule has 2 aromatic carbocycles. The normalized spacial score (nSPS) is 10.7. The summed E-state index contributed by atoms with van der Waals surface area (Å²) in [5.41, 5.74) is -0.341. The molecule has 3 aromatic rings. The van der Waals surface area contributed by atoms with E-state index < -0.39 is 41.5 Å². The van der Waals surface area contributed by atoms with Crippen LogP contribution in [-0.2, 0) is 16.1 Å². The number of rotatable bonds is 8. The van der Waals surface area contributed by atoms with Gasteiger partial charge in [0.15, 0.2) is 22.6 Å². The van der Waals surface area contributed by atoms with Gasteiger partial charge in [-0.1, -0.05) is 30.0 Å². The quantitative estimate of drug-likeness (QED) is 0.232. The molecule has 11 heteroatoms. The van der Waals surface area contributed by atoms with Crippen LogP contribution in [0.2, 0.25) is 0 Å². The van der Waals surface area contributed by atoms with Crippen LogP contribution in [-0.4, -0.2) is 33.7 Å². The number of amides is 2. The lowest BCUT2D eigenvalue weighted by Gasteiger charge is -2.11. The topological polar surface area (TPSA) is 93.1 Å². The van der Waals surface area contributed by atoms with Gasteiger partial charge in [0, 0.05) is 6.54 Å². The first-order valence-electron chi connectivity index (χ1n) is 9.25. The van der Waals surface area contributed by atoms with Gasteiger partial charge in [0.1, 0.15) is 0 Å². The zero-order valence-corrected chi connectivity index (χ0v) is 17.3. The molecule has 0 saturated heterocycles. The predicted octanol–water partition coefficient (Wildman–Crippen LogP) is 2.85. The maximum absolute atomic E-state index is 13.6. The Hall–Kier alpha value is -3.60.